The third kappa shape index (κ3) is 4.75. The van der Waals surface area contributed by atoms with Crippen LogP contribution in [-0.2, 0) is 9.53 Å². The molecule has 0 saturated carbocycles. The third-order valence-electron chi connectivity index (χ3n) is 2.93. The Labute approximate surface area is 128 Å². The number of aldehydes is 1. The van der Waals surface area contributed by atoms with E-state index in [9.17, 15) is 9.59 Å². The van der Waals surface area contributed by atoms with Gasteiger partial charge in [-0.15, -0.1) is 0 Å². The fourth-order valence-corrected chi connectivity index (χ4v) is 2.62. The summed E-state index contributed by atoms with van der Waals surface area (Å²) in [6.07, 6.45) is 1.75. The average molecular weight is 341 g/mol. The molecule has 0 N–H and O–H groups in total. The maximum Gasteiger partial charge on any atom is 0.338 e. The van der Waals surface area contributed by atoms with E-state index < -0.39 is 5.60 Å². The van der Waals surface area contributed by atoms with Gasteiger partial charge < -0.3 is 9.53 Å². The van der Waals surface area contributed by atoms with Crippen LogP contribution < -0.4 is 0 Å². The molecule has 4 heteroatoms. The Kier molecular flexibility index (Phi) is 5.93. The number of benzene rings is 1. The SMILES string of the molecule is CCC(c1ccc(C(=O)OC(C)(C)C)cc1)C(Br)C=O. The van der Waals surface area contributed by atoms with Gasteiger partial charge in [0.1, 0.15) is 11.9 Å². The Morgan fingerprint density at radius 2 is 1.85 bits per heavy atom. The Bertz CT molecular complexity index is 460. The fraction of sp³-hybridized carbons (Fsp3) is 0.500. The summed E-state index contributed by atoms with van der Waals surface area (Å²) in [5.41, 5.74) is 1.06. The number of rotatable bonds is 5. The van der Waals surface area contributed by atoms with Gasteiger partial charge in [-0.25, -0.2) is 4.79 Å². The first-order valence-corrected chi connectivity index (χ1v) is 7.62. The van der Waals surface area contributed by atoms with Gasteiger partial charge in [-0.05, 0) is 44.9 Å². The van der Waals surface area contributed by atoms with E-state index in [1.807, 2.05) is 39.8 Å². The summed E-state index contributed by atoms with van der Waals surface area (Å²) in [5, 5.41) is 0. The maximum atomic E-state index is 11.9. The highest BCUT2D eigenvalue weighted by Crippen LogP contribution is 2.27. The predicted octanol–water partition coefficient (Wildman–Crippen LogP) is 4.10. The molecule has 0 bridgehead atoms. The third-order valence-corrected chi connectivity index (χ3v) is 3.78. The van der Waals surface area contributed by atoms with Gasteiger partial charge in [-0.2, -0.15) is 0 Å². The van der Waals surface area contributed by atoms with Crippen molar-refractivity contribution in [1.82, 2.24) is 0 Å². The molecule has 0 aliphatic rings. The average Bonchev–Trinajstić information content (AvgIpc) is 2.38. The molecule has 0 heterocycles. The van der Waals surface area contributed by atoms with Crippen molar-refractivity contribution in [1.29, 1.82) is 0 Å². The molecule has 0 aromatic heterocycles. The van der Waals surface area contributed by atoms with Crippen molar-refractivity contribution in [3.63, 3.8) is 0 Å². The topological polar surface area (TPSA) is 43.4 Å². The molecule has 1 aromatic rings. The van der Waals surface area contributed by atoms with Gasteiger partial charge in [-0.1, -0.05) is 35.0 Å². The maximum absolute atomic E-state index is 11.9. The Morgan fingerprint density at radius 3 is 2.25 bits per heavy atom. The molecule has 0 aliphatic carbocycles. The van der Waals surface area contributed by atoms with Gasteiger partial charge in [0.15, 0.2) is 0 Å². The monoisotopic (exact) mass is 340 g/mol. The van der Waals surface area contributed by atoms with E-state index in [1.165, 1.54) is 0 Å². The molecule has 0 aliphatic heterocycles. The van der Waals surface area contributed by atoms with Crippen LogP contribution in [0.4, 0.5) is 0 Å². The van der Waals surface area contributed by atoms with E-state index in [0.29, 0.717) is 5.56 Å². The predicted molar refractivity (Wildman–Crippen MR) is 83.4 cm³/mol. The summed E-state index contributed by atoms with van der Waals surface area (Å²) in [6.45, 7) is 7.55. The molecular formula is C16H21BrO3. The van der Waals surface area contributed by atoms with E-state index >= 15 is 0 Å². The highest BCUT2D eigenvalue weighted by Gasteiger charge is 2.20. The first-order chi connectivity index (χ1) is 9.28. The molecule has 3 nitrogen and oxygen atoms in total. The first-order valence-electron chi connectivity index (χ1n) is 6.71. The summed E-state index contributed by atoms with van der Waals surface area (Å²) in [7, 11) is 0. The number of hydrogen-bond donors (Lipinski definition) is 0. The number of carbonyl (C=O) groups excluding carboxylic acids is 2. The van der Waals surface area contributed by atoms with Gasteiger partial charge in [0.05, 0.1) is 10.4 Å². The van der Waals surface area contributed by atoms with Crippen molar-refractivity contribution in [2.24, 2.45) is 0 Å². The van der Waals surface area contributed by atoms with E-state index in [1.54, 1.807) is 12.1 Å². The number of ether oxygens (including phenoxy) is 1. The standard InChI is InChI=1S/C16H21BrO3/c1-5-13(14(17)10-18)11-6-8-12(9-7-11)15(19)20-16(2,3)4/h6-10,13-14H,5H2,1-4H3. The van der Waals surface area contributed by atoms with Crippen molar-refractivity contribution in [3.8, 4) is 0 Å². The minimum absolute atomic E-state index is 0.111. The highest BCUT2D eigenvalue weighted by atomic mass is 79.9. The zero-order valence-corrected chi connectivity index (χ0v) is 13.9. The molecule has 0 fully saturated rings. The molecular weight excluding hydrogens is 320 g/mol. The zero-order chi connectivity index (χ0) is 15.3. The van der Waals surface area contributed by atoms with Crippen molar-refractivity contribution in [2.45, 2.75) is 50.5 Å². The molecule has 20 heavy (non-hydrogen) atoms. The van der Waals surface area contributed by atoms with Crippen LogP contribution in [0.25, 0.3) is 0 Å². The lowest BCUT2D eigenvalue weighted by Crippen LogP contribution is -2.23. The lowest BCUT2D eigenvalue weighted by Gasteiger charge is -2.20. The van der Waals surface area contributed by atoms with Crippen LogP contribution in [0.15, 0.2) is 24.3 Å². The second-order valence-electron chi connectivity index (χ2n) is 5.72. The van der Waals surface area contributed by atoms with Crippen LogP contribution in [0.2, 0.25) is 0 Å². The minimum atomic E-state index is -0.500. The fourth-order valence-electron chi connectivity index (χ4n) is 1.94. The van der Waals surface area contributed by atoms with E-state index in [0.717, 1.165) is 18.3 Å². The first kappa shape index (κ1) is 16.9. The summed E-state index contributed by atoms with van der Waals surface area (Å²) in [6, 6.07) is 7.25. The molecule has 2 unspecified atom stereocenters. The Balaban J connectivity index is 2.88. The Hall–Kier alpha value is -1.16. The Morgan fingerprint density at radius 1 is 1.30 bits per heavy atom. The van der Waals surface area contributed by atoms with Crippen molar-refractivity contribution in [2.75, 3.05) is 0 Å². The highest BCUT2D eigenvalue weighted by molar-refractivity contribution is 9.10. The van der Waals surface area contributed by atoms with Gasteiger partial charge in [-0.3, -0.25) is 0 Å². The van der Waals surface area contributed by atoms with Crippen molar-refractivity contribution < 1.29 is 14.3 Å². The molecule has 2 atom stereocenters. The zero-order valence-electron chi connectivity index (χ0n) is 12.4. The lowest BCUT2D eigenvalue weighted by atomic mass is 9.93. The van der Waals surface area contributed by atoms with E-state index in [4.69, 9.17) is 4.74 Å². The normalized spacial score (nSPS) is 14.4. The number of carbonyl (C=O) groups is 2. The summed E-state index contributed by atoms with van der Waals surface area (Å²) < 4.78 is 5.31. The summed E-state index contributed by atoms with van der Waals surface area (Å²) >= 11 is 3.37. The van der Waals surface area contributed by atoms with E-state index in [-0.39, 0.29) is 16.7 Å². The molecule has 110 valence electrons. The number of hydrogen-bond acceptors (Lipinski definition) is 3. The second kappa shape index (κ2) is 7.02. The van der Waals surface area contributed by atoms with Gasteiger partial charge in [0, 0.05) is 5.92 Å². The van der Waals surface area contributed by atoms with Gasteiger partial charge in [0.25, 0.3) is 0 Å². The molecule has 1 rings (SSSR count). The molecule has 0 radical (unpaired) electrons. The van der Waals surface area contributed by atoms with Crippen LogP contribution in [0, 0.1) is 0 Å². The number of alkyl halides is 1. The van der Waals surface area contributed by atoms with Crippen LogP contribution in [0.5, 0.6) is 0 Å². The van der Waals surface area contributed by atoms with Crippen LogP contribution in [0.3, 0.4) is 0 Å². The number of esters is 1. The van der Waals surface area contributed by atoms with Crippen LogP contribution >= 0.6 is 15.9 Å². The van der Waals surface area contributed by atoms with Crippen LogP contribution in [-0.4, -0.2) is 22.7 Å². The molecule has 0 spiro atoms. The molecule has 0 saturated heterocycles. The van der Waals surface area contributed by atoms with Gasteiger partial charge in [0.2, 0.25) is 0 Å². The van der Waals surface area contributed by atoms with Crippen LogP contribution in [0.1, 0.15) is 56.0 Å². The molecule has 1 aromatic carbocycles. The van der Waals surface area contributed by atoms with Crippen molar-refractivity contribution >= 4 is 28.2 Å². The summed E-state index contributed by atoms with van der Waals surface area (Å²) in [5.74, 6) is -0.219. The van der Waals surface area contributed by atoms with E-state index in [2.05, 4.69) is 15.9 Å². The second-order valence-corrected chi connectivity index (χ2v) is 6.78. The smallest absolute Gasteiger partial charge is 0.338 e. The minimum Gasteiger partial charge on any atom is -0.456 e. The van der Waals surface area contributed by atoms with Crippen molar-refractivity contribution in [3.05, 3.63) is 35.4 Å². The summed E-state index contributed by atoms with van der Waals surface area (Å²) in [4.78, 5) is 22.6. The largest absolute Gasteiger partial charge is 0.456 e. The lowest BCUT2D eigenvalue weighted by molar-refractivity contribution is -0.107. The molecule has 0 amide bonds. The van der Waals surface area contributed by atoms with Gasteiger partial charge >= 0.3 is 5.97 Å². The quantitative estimate of drug-likeness (QED) is 0.460. The number of halogens is 1.